The van der Waals surface area contributed by atoms with E-state index in [2.05, 4.69) is 19.9 Å². The summed E-state index contributed by atoms with van der Waals surface area (Å²) in [6.45, 7) is 6.10. The molecule has 0 heterocycles. The molecule has 5 heteroatoms. The largest absolute Gasteiger partial charge is 0.507 e. The van der Waals surface area contributed by atoms with E-state index >= 15 is 0 Å². The van der Waals surface area contributed by atoms with Crippen molar-refractivity contribution in [1.29, 1.82) is 0 Å². The molecule has 0 aliphatic heterocycles. The second-order valence-corrected chi connectivity index (χ2v) is 7.63. The van der Waals surface area contributed by atoms with Crippen molar-refractivity contribution >= 4 is 11.9 Å². The average Bonchev–Trinajstić information content (AvgIpc) is 2.72. The van der Waals surface area contributed by atoms with Gasteiger partial charge in [0.2, 0.25) is 0 Å². The van der Waals surface area contributed by atoms with Crippen molar-refractivity contribution in [2.75, 3.05) is 7.11 Å². The van der Waals surface area contributed by atoms with E-state index in [1.165, 1.54) is 37.0 Å². The van der Waals surface area contributed by atoms with Gasteiger partial charge in [0, 0.05) is 11.1 Å². The number of carbonyl (C=O) groups is 1. The third kappa shape index (κ3) is 6.51. The number of para-hydroxylation sites is 1. The van der Waals surface area contributed by atoms with Crippen molar-refractivity contribution in [2.45, 2.75) is 40.0 Å². The molecular formula is C26H30O5. The fourth-order valence-electron chi connectivity index (χ4n) is 3.08. The number of ketones is 1. The van der Waals surface area contributed by atoms with E-state index in [0.29, 0.717) is 5.56 Å². The molecule has 0 bridgehead atoms. The van der Waals surface area contributed by atoms with Crippen LogP contribution in [0.25, 0.3) is 6.08 Å². The molecule has 0 amide bonds. The third-order valence-corrected chi connectivity index (χ3v) is 4.92. The molecule has 0 saturated heterocycles. The lowest BCUT2D eigenvalue weighted by molar-refractivity contribution is 0.104. The predicted molar refractivity (Wildman–Crippen MR) is 124 cm³/mol. The van der Waals surface area contributed by atoms with Crippen LogP contribution in [0.2, 0.25) is 0 Å². The molecule has 0 spiro atoms. The number of rotatable bonds is 9. The van der Waals surface area contributed by atoms with E-state index in [1.807, 2.05) is 13.0 Å². The van der Waals surface area contributed by atoms with Crippen LogP contribution >= 0.6 is 0 Å². The van der Waals surface area contributed by atoms with Crippen LogP contribution in [0.15, 0.2) is 59.7 Å². The fraction of sp³-hybridized carbons (Fsp3) is 0.269. The maximum Gasteiger partial charge on any atom is 0.189 e. The Labute approximate surface area is 183 Å². The van der Waals surface area contributed by atoms with Crippen molar-refractivity contribution in [1.82, 2.24) is 0 Å². The lowest BCUT2D eigenvalue weighted by Crippen LogP contribution is -2.00. The highest BCUT2D eigenvalue weighted by Gasteiger charge is 2.20. The first-order chi connectivity index (χ1) is 14.7. The zero-order chi connectivity index (χ0) is 23.0. The van der Waals surface area contributed by atoms with Gasteiger partial charge in [-0.2, -0.15) is 0 Å². The SMILES string of the molecule is COc1cc(C(=O)C=Cc2ccccc2O)c(O)c(CC=C(C)CCC=C(C)C)c1O. The summed E-state index contributed by atoms with van der Waals surface area (Å²) in [5.74, 6) is -0.770. The molecule has 0 aromatic heterocycles. The second kappa shape index (κ2) is 11.1. The van der Waals surface area contributed by atoms with Crippen molar-refractivity contribution in [3.8, 4) is 23.0 Å². The van der Waals surface area contributed by atoms with E-state index in [9.17, 15) is 20.1 Å². The van der Waals surface area contributed by atoms with Gasteiger partial charge in [-0.3, -0.25) is 4.79 Å². The summed E-state index contributed by atoms with van der Waals surface area (Å²) < 4.78 is 5.21. The number of hydrogen-bond donors (Lipinski definition) is 3. The molecule has 5 nitrogen and oxygen atoms in total. The number of aromatic hydroxyl groups is 3. The van der Waals surface area contributed by atoms with E-state index < -0.39 is 5.78 Å². The first-order valence-corrected chi connectivity index (χ1v) is 10.2. The van der Waals surface area contributed by atoms with Crippen LogP contribution in [0.4, 0.5) is 0 Å². The highest BCUT2D eigenvalue weighted by atomic mass is 16.5. The summed E-state index contributed by atoms with van der Waals surface area (Å²) in [4.78, 5) is 12.7. The number of allylic oxidation sites excluding steroid dienone is 5. The Balaban J connectivity index is 2.32. The molecule has 2 aromatic rings. The molecule has 0 radical (unpaired) electrons. The molecule has 0 aliphatic carbocycles. The van der Waals surface area contributed by atoms with Crippen LogP contribution in [0.3, 0.4) is 0 Å². The van der Waals surface area contributed by atoms with Crippen molar-refractivity contribution in [3.63, 3.8) is 0 Å². The van der Waals surface area contributed by atoms with Gasteiger partial charge in [0.15, 0.2) is 17.3 Å². The Hall–Kier alpha value is -3.47. The topological polar surface area (TPSA) is 87.0 Å². The van der Waals surface area contributed by atoms with Gasteiger partial charge in [0.1, 0.15) is 11.5 Å². The Bertz CT molecular complexity index is 1020. The number of phenols is 3. The van der Waals surface area contributed by atoms with Gasteiger partial charge in [-0.15, -0.1) is 0 Å². The number of methoxy groups -OCH3 is 1. The zero-order valence-electron chi connectivity index (χ0n) is 18.5. The summed E-state index contributed by atoms with van der Waals surface area (Å²) >= 11 is 0. The summed E-state index contributed by atoms with van der Waals surface area (Å²) in [7, 11) is 1.39. The maximum absolute atomic E-state index is 12.7. The minimum Gasteiger partial charge on any atom is -0.507 e. The smallest absolute Gasteiger partial charge is 0.189 e. The van der Waals surface area contributed by atoms with Crippen LogP contribution in [-0.4, -0.2) is 28.2 Å². The zero-order valence-corrected chi connectivity index (χ0v) is 18.5. The maximum atomic E-state index is 12.7. The summed E-state index contributed by atoms with van der Waals surface area (Å²) in [6, 6.07) is 7.94. The number of ether oxygens (including phenoxy) is 1. The number of hydrogen-bond acceptors (Lipinski definition) is 5. The normalized spacial score (nSPS) is 11.5. The molecule has 3 N–H and O–H groups in total. The Kier molecular flexibility index (Phi) is 8.50. The highest BCUT2D eigenvalue weighted by Crippen LogP contribution is 2.40. The van der Waals surface area contributed by atoms with Gasteiger partial charge in [0.25, 0.3) is 0 Å². The molecule has 164 valence electrons. The standard InChI is InChI=1S/C26H30O5/c1-17(2)8-7-9-18(3)12-14-20-25(29)21(16-24(31-4)26(20)30)23(28)15-13-19-10-5-6-11-22(19)27/h5-6,8,10-13,15-16,27,29-30H,7,9,14H2,1-4H3. The van der Waals surface area contributed by atoms with Crippen molar-refractivity contribution in [2.24, 2.45) is 0 Å². The van der Waals surface area contributed by atoms with E-state index in [4.69, 9.17) is 4.74 Å². The average molecular weight is 423 g/mol. The van der Waals surface area contributed by atoms with Crippen LogP contribution in [0, 0.1) is 0 Å². The minimum absolute atomic E-state index is 0.0203. The molecule has 31 heavy (non-hydrogen) atoms. The number of carbonyl (C=O) groups excluding carboxylic acids is 1. The predicted octanol–water partition coefficient (Wildman–Crippen LogP) is 5.94. The summed E-state index contributed by atoms with van der Waals surface area (Å²) in [6.07, 6.45) is 8.88. The van der Waals surface area contributed by atoms with Gasteiger partial charge in [0.05, 0.1) is 12.7 Å². The van der Waals surface area contributed by atoms with E-state index in [0.717, 1.165) is 18.4 Å². The summed E-state index contributed by atoms with van der Waals surface area (Å²) in [5, 5.41) is 31.1. The quantitative estimate of drug-likeness (QED) is 0.264. The number of benzene rings is 2. The van der Waals surface area contributed by atoms with Crippen LogP contribution in [0.1, 0.15) is 55.1 Å². The van der Waals surface area contributed by atoms with Crippen LogP contribution < -0.4 is 4.74 Å². The molecular weight excluding hydrogens is 392 g/mol. The fourth-order valence-corrected chi connectivity index (χ4v) is 3.08. The summed E-state index contributed by atoms with van der Waals surface area (Å²) in [5.41, 5.74) is 3.12. The van der Waals surface area contributed by atoms with Gasteiger partial charge in [-0.25, -0.2) is 0 Å². The Morgan fingerprint density at radius 2 is 1.74 bits per heavy atom. The van der Waals surface area contributed by atoms with E-state index in [1.54, 1.807) is 18.2 Å². The highest BCUT2D eigenvalue weighted by molar-refractivity contribution is 6.09. The van der Waals surface area contributed by atoms with Gasteiger partial charge < -0.3 is 20.1 Å². The molecule has 0 unspecified atom stereocenters. The minimum atomic E-state index is -0.468. The molecule has 0 saturated carbocycles. The monoisotopic (exact) mass is 422 g/mol. The molecule has 0 aliphatic rings. The number of phenolic OH excluding ortho intramolecular Hbond substituents is 3. The van der Waals surface area contributed by atoms with Gasteiger partial charge in [-0.05, 0) is 64.3 Å². The van der Waals surface area contributed by atoms with Crippen molar-refractivity contribution < 1.29 is 24.9 Å². The van der Waals surface area contributed by atoms with Crippen molar-refractivity contribution in [3.05, 3.63) is 76.4 Å². The van der Waals surface area contributed by atoms with E-state index in [-0.39, 0.29) is 40.5 Å². The Morgan fingerprint density at radius 3 is 2.39 bits per heavy atom. The molecule has 2 rings (SSSR count). The third-order valence-electron chi connectivity index (χ3n) is 4.92. The van der Waals surface area contributed by atoms with Gasteiger partial charge in [-0.1, -0.05) is 41.5 Å². The molecule has 0 fully saturated rings. The van der Waals surface area contributed by atoms with Crippen LogP contribution in [0.5, 0.6) is 23.0 Å². The molecule has 2 aromatic carbocycles. The lowest BCUT2D eigenvalue weighted by atomic mass is 9.98. The molecule has 0 atom stereocenters. The lowest BCUT2D eigenvalue weighted by Gasteiger charge is -2.13. The first-order valence-electron chi connectivity index (χ1n) is 10.2. The Morgan fingerprint density at radius 1 is 1.03 bits per heavy atom. The first kappa shape index (κ1) is 23.8. The van der Waals surface area contributed by atoms with Crippen LogP contribution in [-0.2, 0) is 6.42 Å². The van der Waals surface area contributed by atoms with Gasteiger partial charge >= 0.3 is 0 Å². The second-order valence-electron chi connectivity index (χ2n) is 7.63.